The predicted molar refractivity (Wildman–Crippen MR) is 82.9 cm³/mol. The minimum atomic E-state index is -0.458. The van der Waals surface area contributed by atoms with Gasteiger partial charge in [0, 0.05) is 6.54 Å². The van der Waals surface area contributed by atoms with Crippen molar-refractivity contribution in [3.05, 3.63) is 47.5 Å². The summed E-state index contributed by atoms with van der Waals surface area (Å²) >= 11 is 0. The number of amides is 1. The zero-order valence-corrected chi connectivity index (χ0v) is 13.0. The number of nitrogens with zero attached hydrogens (tertiary/aromatic N) is 1. The molecule has 1 amide bonds. The largest absolute Gasteiger partial charge is 0.444 e. The lowest BCUT2D eigenvalue weighted by molar-refractivity contribution is 0.0237. The second-order valence-corrected chi connectivity index (χ2v) is 6.98. The van der Waals surface area contributed by atoms with Crippen LogP contribution in [0.5, 0.6) is 0 Å². The van der Waals surface area contributed by atoms with Crippen molar-refractivity contribution in [2.24, 2.45) is 5.92 Å². The van der Waals surface area contributed by atoms with Crippen LogP contribution >= 0.6 is 0 Å². The lowest BCUT2D eigenvalue weighted by Crippen LogP contribution is -2.37. The molecule has 0 unspecified atom stereocenters. The highest BCUT2D eigenvalue weighted by atomic mass is 16.6. The average molecular weight is 285 g/mol. The summed E-state index contributed by atoms with van der Waals surface area (Å²) in [5.41, 5.74) is 2.09. The van der Waals surface area contributed by atoms with Crippen LogP contribution in [-0.4, -0.2) is 23.1 Å². The van der Waals surface area contributed by atoms with Crippen LogP contribution in [0.2, 0.25) is 0 Å². The Morgan fingerprint density at radius 3 is 2.43 bits per heavy atom. The molecule has 3 nitrogen and oxygen atoms in total. The zero-order valence-electron chi connectivity index (χ0n) is 13.0. The van der Waals surface area contributed by atoms with Crippen molar-refractivity contribution in [3.8, 4) is 0 Å². The Morgan fingerprint density at radius 1 is 1.19 bits per heavy atom. The van der Waals surface area contributed by atoms with Crippen molar-refractivity contribution in [3.63, 3.8) is 0 Å². The van der Waals surface area contributed by atoms with Gasteiger partial charge in [-0.05, 0) is 50.7 Å². The summed E-state index contributed by atoms with van der Waals surface area (Å²) in [5, 5.41) is 0. The van der Waals surface area contributed by atoms with E-state index in [4.69, 9.17) is 4.74 Å². The third kappa shape index (κ3) is 3.29. The van der Waals surface area contributed by atoms with Crippen molar-refractivity contribution in [1.29, 1.82) is 0 Å². The Bertz CT molecular complexity index is 552. The first kappa shape index (κ1) is 14.2. The number of ether oxygens (including phenoxy) is 1. The van der Waals surface area contributed by atoms with E-state index < -0.39 is 5.60 Å². The van der Waals surface area contributed by atoms with Crippen LogP contribution in [-0.2, 0) is 4.74 Å². The quantitative estimate of drug-likeness (QED) is 0.758. The van der Waals surface area contributed by atoms with E-state index in [9.17, 15) is 4.79 Å². The van der Waals surface area contributed by atoms with Crippen LogP contribution in [0.1, 0.15) is 45.2 Å². The normalized spacial score (nSPS) is 22.1. The van der Waals surface area contributed by atoms with Crippen molar-refractivity contribution >= 4 is 6.09 Å². The van der Waals surface area contributed by atoms with Gasteiger partial charge in [-0.3, -0.25) is 4.90 Å². The van der Waals surface area contributed by atoms with Crippen LogP contribution in [0.25, 0.3) is 0 Å². The summed E-state index contributed by atoms with van der Waals surface area (Å²) in [6, 6.07) is 10.2. The minimum Gasteiger partial charge on any atom is -0.444 e. The van der Waals surface area contributed by atoms with E-state index in [0.29, 0.717) is 12.5 Å². The molecule has 21 heavy (non-hydrogen) atoms. The fourth-order valence-electron chi connectivity index (χ4n) is 2.78. The van der Waals surface area contributed by atoms with Gasteiger partial charge in [0.25, 0.3) is 0 Å². The van der Waals surface area contributed by atoms with E-state index in [-0.39, 0.29) is 12.1 Å². The van der Waals surface area contributed by atoms with Crippen LogP contribution in [0.3, 0.4) is 0 Å². The molecule has 3 heteroatoms. The summed E-state index contributed by atoms with van der Waals surface area (Å²) in [6.07, 6.45) is 4.56. The molecular formula is C18H23NO2. The van der Waals surface area contributed by atoms with Crippen molar-refractivity contribution in [2.45, 2.75) is 45.3 Å². The first-order valence-corrected chi connectivity index (χ1v) is 7.69. The molecule has 2 aliphatic rings. The van der Waals surface area contributed by atoms with Gasteiger partial charge in [-0.15, -0.1) is 0 Å². The molecule has 1 saturated carbocycles. The Morgan fingerprint density at radius 2 is 1.86 bits per heavy atom. The van der Waals surface area contributed by atoms with Gasteiger partial charge in [-0.25, -0.2) is 4.79 Å². The van der Waals surface area contributed by atoms with Crippen molar-refractivity contribution in [1.82, 2.24) is 4.90 Å². The van der Waals surface area contributed by atoms with Gasteiger partial charge in [0.05, 0.1) is 6.04 Å². The molecule has 1 aromatic carbocycles. The predicted octanol–water partition coefficient (Wildman–Crippen LogP) is 4.31. The first-order chi connectivity index (χ1) is 9.94. The van der Waals surface area contributed by atoms with Gasteiger partial charge >= 0.3 is 6.09 Å². The maximum atomic E-state index is 12.5. The Labute approximate surface area is 126 Å². The average Bonchev–Trinajstić information content (AvgIpc) is 3.16. The molecule has 3 rings (SSSR count). The number of rotatable bonds is 2. The van der Waals surface area contributed by atoms with Crippen LogP contribution < -0.4 is 0 Å². The Balaban J connectivity index is 1.83. The van der Waals surface area contributed by atoms with Crippen LogP contribution in [0, 0.1) is 5.92 Å². The van der Waals surface area contributed by atoms with E-state index in [1.165, 1.54) is 18.4 Å². The Kier molecular flexibility index (Phi) is 3.52. The molecule has 1 heterocycles. The molecule has 1 aromatic rings. The highest BCUT2D eigenvalue weighted by Crippen LogP contribution is 2.43. The summed E-state index contributed by atoms with van der Waals surface area (Å²) in [5.74, 6) is 0.684. The molecule has 1 atom stereocenters. The molecule has 1 aliphatic carbocycles. The molecule has 112 valence electrons. The summed E-state index contributed by atoms with van der Waals surface area (Å²) in [7, 11) is 0. The monoisotopic (exact) mass is 285 g/mol. The van der Waals surface area contributed by atoms with Gasteiger partial charge < -0.3 is 4.74 Å². The number of hydrogen-bond acceptors (Lipinski definition) is 2. The number of carbonyl (C=O) groups is 1. The minimum absolute atomic E-state index is 0.0108. The molecule has 0 aromatic heterocycles. The van der Waals surface area contributed by atoms with E-state index in [2.05, 4.69) is 18.2 Å². The summed E-state index contributed by atoms with van der Waals surface area (Å²) < 4.78 is 5.58. The maximum Gasteiger partial charge on any atom is 0.411 e. The summed E-state index contributed by atoms with van der Waals surface area (Å²) in [4.78, 5) is 14.4. The molecule has 0 N–H and O–H groups in total. The second-order valence-electron chi connectivity index (χ2n) is 6.98. The highest BCUT2D eigenvalue weighted by molar-refractivity contribution is 5.70. The molecule has 0 saturated heterocycles. The maximum absolute atomic E-state index is 12.5. The third-order valence-corrected chi connectivity index (χ3v) is 3.93. The lowest BCUT2D eigenvalue weighted by atomic mass is 10.1. The van der Waals surface area contributed by atoms with Gasteiger partial charge in [0.1, 0.15) is 5.60 Å². The molecular weight excluding hydrogens is 262 g/mol. The molecule has 0 bridgehead atoms. The van der Waals surface area contributed by atoms with Crippen molar-refractivity contribution < 1.29 is 9.53 Å². The van der Waals surface area contributed by atoms with Crippen LogP contribution in [0.4, 0.5) is 4.79 Å². The molecule has 1 fully saturated rings. The SMILES string of the molecule is CC(C)(C)OC(=O)N1CC(C2CC2)=C[C@H]1c1ccccc1. The topological polar surface area (TPSA) is 29.5 Å². The van der Waals surface area contributed by atoms with Gasteiger partial charge in [-0.2, -0.15) is 0 Å². The summed E-state index contributed by atoms with van der Waals surface area (Å²) in [6.45, 7) is 6.44. The lowest BCUT2D eigenvalue weighted by Gasteiger charge is -2.29. The van der Waals surface area contributed by atoms with Crippen LogP contribution in [0.15, 0.2) is 42.0 Å². The van der Waals surface area contributed by atoms with E-state index in [1.807, 2.05) is 43.9 Å². The van der Waals surface area contributed by atoms with Gasteiger partial charge in [0.15, 0.2) is 0 Å². The van der Waals surface area contributed by atoms with E-state index in [0.717, 1.165) is 5.56 Å². The second kappa shape index (κ2) is 5.21. The molecule has 0 spiro atoms. The van der Waals surface area contributed by atoms with Gasteiger partial charge in [-0.1, -0.05) is 36.4 Å². The first-order valence-electron chi connectivity index (χ1n) is 7.69. The smallest absolute Gasteiger partial charge is 0.411 e. The fourth-order valence-corrected chi connectivity index (χ4v) is 2.78. The van der Waals surface area contributed by atoms with Crippen molar-refractivity contribution in [2.75, 3.05) is 6.54 Å². The fraction of sp³-hybridized carbons (Fsp3) is 0.500. The third-order valence-electron chi connectivity index (χ3n) is 3.93. The number of hydrogen-bond donors (Lipinski definition) is 0. The van der Waals surface area contributed by atoms with Gasteiger partial charge in [0.2, 0.25) is 0 Å². The standard InChI is InChI=1S/C18H23NO2/c1-18(2,3)21-17(20)19-12-15(13-9-10-13)11-16(19)14-7-5-4-6-8-14/h4-8,11,13,16H,9-10,12H2,1-3H3/t16-/m0/s1. The van der Waals surface area contributed by atoms with E-state index in [1.54, 1.807) is 0 Å². The molecule has 1 aliphatic heterocycles. The number of carbonyl (C=O) groups excluding carboxylic acids is 1. The molecule has 0 radical (unpaired) electrons. The van der Waals surface area contributed by atoms with E-state index >= 15 is 0 Å². The Hall–Kier alpha value is -1.77. The number of benzene rings is 1. The zero-order chi connectivity index (χ0) is 15.0. The highest BCUT2D eigenvalue weighted by Gasteiger charge is 2.38.